The maximum absolute atomic E-state index is 2.36. The first kappa shape index (κ1) is 31.7. The first-order valence-electron chi connectivity index (χ1n) is 15.0. The number of nitrogens with zero attached hydrogens (tertiary/aromatic N) is 2. The van der Waals surface area contributed by atoms with E-state index in [0.717, 1.165) is 8.97 Å². The van der Waals surface area contributed by atoms with Crippen LogP contribution in [-0.2, 0) is 12.8 Å². The van der Waals surface area contributed by atoms with E-state index in [-0.39, 0.29) is 0 Å². The summed E-state index contributed by atoms with van der Waals surface area (Å²) in [5.41, 5.74) is 0. The van der Waals surface area contributed by atoms with Crippen molar-refractivity contribution in [2.24, 2.45) is 0 Å². The number of quaternary nitrogens is 2. The SMILES string of the molecule is C[N+](C)(C)CCCCCCc1ccc(-c2ccc(-c3ccc(-c4ccc(CCCCCC[N+](C)(C)C)s4)s3)s2)s1. The molecule has 2 nitrogen and oxygen atoms in total. The molecule has 218 valence electrons. The molecular formula is C34H50N2S4+2. The van der Waals surface area contributed by atoms with Crippen molar-refractivity contribution in [1.29, 1.82) is 0 Å². The number of rotatable bonds is 17. The monoisotopic (exact) mass is 614 g/mol. The van der Waals surface area contributed by atoms with E-state index in [1.165, 1.54) is 116 Å². The van der Waals surface area contributed by atoms with Crippen LogP contribution in [0.3, 0.4) is 0 Å². The molecule has 0 bridgehead atoms. The second-order valence-electron chi connectivity index (χ2n) is 13.2. The third-order valence-corrected chi connectivity index (χ3v) is 12.3. The fourth-order valence-electron chi connectivity index (χ4n) is 4.97. The molecule has 4 heterocycles. The van der Waals surface area contributed by atoms with Gasteiger partial charge in [0.25, 0.3) is 0 Å². The lowest BCUT2D eigenvalue weighted by atomic mass is 10.1. The van der Waals surface area contributed by atoms with E-state index in [4.69, 9.17) is 0 Å². The van der Waals surface area contributed by atoms with Gasteiger partial charge in [-0.25, -0.2) is 0 Å². The Bertz CT molecular complexity index is 1190. The van der Waals surface area contributed by atoms with Gasteiger partial charge in [0.2, 0.25) is 0 Å². The molecule has 0 N–H and O–H groups in total. The summed E-state index contributed by atoms with van der Waals surface area (Å²) in [6.07, 6.45) is 13.2. The molecule has 4 aromatic rings. The Balaban J connectivity index is 1.23. The van der Waals surface area contributed by atoms with Crippen LogP contribution in [0, 0.1) is 0 Å². The lowest BCUT2D eigenvalue weighted by Gasteiger charge is -2.23. The molecule has 4 rings (SSSR count). The molecule has 0 spiro atoms. The number of aryl methyl sites for hydroxylation is 2. The molecule has 0 saturated heterocycles. The van der Waals surface area contributed by atoms with Gasteiger partial charge in [0.1, 0.15) is 0 Å². The summed E-state index contributed by atoms with van der Waals surface area (Å²) in [6, 6.07) is 18.7. The van der Waals surface area contributed by atoms with Crippen LogP contribution in [0.1, 0.15) is 61.1 Å². The van der Waals surface area contributed by atoms with E-state index in [1.807, 2.05) is 45.3 Å². The molecule has 0 aromatic carbocycles. The first-order chi connectivity index (χ1) is 19.1. The third kappa shape index (κ3) is 10.5. The summed E-state index contributed by atoms with van der Waals surface area (Å²) >= 11 is 7.87. The second kappa shape index (κ2) is 14.8. The zero-order chi connectivity index (χ0) is 28.6. The average molecular weight is 615 g/mol. The van der Waals surface area contributed by atoms with Gasteiger partial charge in [0.05, 0.1) is 55.4 Å². The Kier molecular flexibility index (Phi) is 11.7. The molecule has 4 aromatic heterocycles. The van der Waals surface area contributed by atoms with Crippen molar-refractivity contribution in [1.82, 2.24) is 0 Å². The van der Waals surface area contributed by atoms with Gasteiger partial charge in [0, 0.05) is 39.0 Å². The van der Waals surface area contributed by atoms with E-state index >= 15 is 0 Å². The Labute approximate surface area is 260 Å². The van der Waals surface area contributed by atoms with Crippen molar-refractivity contribution < 1.29 is 8.97 Å². The minimum Gasteiger partial charge on any atom is -0.331 e. The van der Waals surface area contributed by atoms with Crippen LogP contribution in [0.2, 0.25) is 0 Å². The molecule has 0 radical (unpaired) electrons. The fraction of sp³-hybridized carbons (Fsp3) is 0.529. The lowest BCUT2D eigenvalue weighted by molar-refractivity contribution is -0.870. The second-order valence-corrected chi connectivity index (χ2v) is 17.7. The molecule has 0 aliphatic carbocycles. The highest BCUT2D eigenvalue weighted by Crippen LogP contribution is 2.43. The summed E-state index contributed by atoms with van der Waals surface area (Å²) in [5, 5.41) is 0. The van der Waals surface area contributed by atoms with Crippen LogP contribution < -0.4 is 0 Å². The van der Waals surface area contributed by atoms with Crippen LogP contribution in [-0.4, -0.2) is 64.3 Å². The predicted octanol–water partition coefficient (Wildman–Crippen LogP) is 10.6. The topological polar surface area (TPSA) is 0 Å². The summed E-state index contributed by atoms with van der Waals surface area (Å²) in [5.74, 6) is 0. The summed E-state index contributed by atoms with van der Waals surface area (Å²) in [7, 11) is 13.7. The van der Waals surface area contributed by atoms with Gasteiger partial charge in [-0.3, -0.25) is 0 Å². The zero-order valence-electron chi connectivity index (χ0n) is 25.6. The minimum absolute atomic E-state index is 1.08. The van der Waals surface area contributed by atoms with Crippen LogP contribution in [0.15, 0.2) is 48.5 Å². The van der Waals surface area contributed by atoms with E-state index in [9.17, 15) is 0 Å². The summed E-state index contributed by atoms with van der Waals surface area (Å²) in [6.45, 7) is 2.56. The predicted molar refractivity (Wildman–Crippen MR) is 184 cm³/mol. The Hall–Kier alpha value is -1.28. The minimum atomic E-state index is 1.08. The van der Waals surface area contributed by atoms with Gasteiger partial charge in [-0.05, 0) is 99.9 Å². The van der Waals surface area contributed by atoms with Crippen molar-refractivity contribution in [3.8, 4) is 29.3 Å². The Morgan fingerprint density at radius 1 is 0.375 bits per heavy atom. The number of hydrogen-bond acceptors (Lipinski definition) is 4. The average Bonchev–Trinajstić information content (AvgIpc) is 3.68. The van der Waals surface area contributed by atoms with Crippen LogP contribution in [0.4, 0.5) is 0 Å². The van der Waals surface area contributed by atoms with Crippen LogP contribution in [0.5, 0.6) is 0 Å². The zero-order valence-corrected chi connectivity index (χ0v) is 28.9. The van der Waals surface area contributed by atoms with E-state index in [1.54, 1.807) is 0 Å². The fourth-order valence-corrected chi connectivity index (χ4v) is 9.35. The van der Waals surface area contributed by atoms with Crippen molar-refractivity contribution >= 4 is 45.3 Å². The molecule has 0 aliphatic heterocycles. The molecule has 0 aliphatic rings. The Morgan fingerprint density at radius 2 is 0.675 bits per heavy atom. The largest absolute Gasteiger partial charge is 0.331 e. The van der Waals surface area contributed by atoms with E-state index in [2.05, 4.69) is 90.8 Å². The maximum atomic E-state index is 2.36. The van der Waals surface area contributed by atoms with Gasteiger partial charge in [-0.1, -0.05) is 12.8 Å². The van der Waals surface area contributed by atoms with Gasteiger partial charge in [-0.15, -0.1) is 45.3 Å². The van der Waals surface area contributed by atoms with Crippen molar-refractivity contribution in [2.75, 3.05) is 55.4 Å². The van der Waals surface area contributed by atoms with Gasteiger partial charge >= 0.3 is 0 Å². The van der Waals surface area contributed by atoms with Crippen LogP contribution in [0.25, 0.3) is 29.3 Å². The summed E-state index contributed by atoms with van der Waals surface area (Å²) in [4.78, 5) is 11.5. The van der Waals surface area contributed by atoms with Gasteiger partial charge < -0.3 is 8.97 Å². The molecule has 0 amide bonds. The van der Waals surface area contributed by atoms with Crippen molar-refractivity contribution in [3.05, 3.63) is 58.3 Å². The molecule has 6 heteroatoms. The van der Waals surface area contributed by atoms with Crippen molar-refractivity contribution in [2.45, 2.75) is 64.2 Å². The third-order valence-electron chi connectivity index (χ3n) is 7.27. The van der Waals surface area contributed by atoms with Gasteiger partial charge in [-0.2, -0.15) is 0 Å². The van der Waals surface area contributed by atoms with E-state index in [0.29, 0.717) is 0 Å². The first-order valence-corrected chi connectivity index (χ1v) is 18.3. The smallest absolute Gasteiger partial charge is 0.0780 e. The highest BCUT2D eigenvalue weighted by Gasteiger charge is 2.12. The maximum Gasteiger partial charge on any atom is 0.0780 e. The normalized spacial score (nSPS) is 12.4. The number of unbranched alkanes of at least 4 members (excludes halogenated alkanes) is 6. The Morgan fingerprint density at radius 3 is 1.02 bits per heavy atom. The highest BCUT2D eigenvalue weighted by atomic mass is 32.1. The molecule has 0 atom stereocenters. The lowest BCUT2D eigenvalue weighted by Crippen LogP contribution is -2.35. The standard InChI is InChI=1S/C34H50N2S4/c1-35(2,3)25-13-9-7-11-15-27-17-19-29(37-27)31-21-23-33(39-31)34-24-22-32(40-34)30-20-18-28(38-30)16-12-8-10-14-26-36(4,5)6/h17-24H,7-16,25-26H2,1-6H3/q+2. The quantitative estimate of drug-likeness (QED) is 0.0820. The molecule has 0 unspecified atom stereocenters. The van der Waals surface area contributed by atoms with Crippen molar-refractivity contribution in [3.63, 3.8) is 0 Å². The molecule has 0 saturated carbocycles. The van der Waals surface area contributed by atoms with Crippen LogP contribution >= 0.6 is 45.3 Å². The number of thiophene rings is 4. The van der Waals surface area contributed by atoms with Gasteiger partial charge in [0.15, 0.2) is 0 Å². The highest BCUT2D eigenvalue weighted by molar-refractivity contribution is 7.28. The molecular weight excluding hydrogens is 565 g/mol. The number of hydrogen-bond donors (Lipinski definition) is 0. The molecule has 40 heavy (non-hydrogen) atoms. The van der Waals surface area contributed by atoms with E-state index < -0.39 is 0 Å². The molecule has 0 fully saturated rings. The summed E-state index contributed by atoms with van der Waals surface area (Å²) < 4.78 is 2.16.